The highest BCUT2D eigenvalue weighted by molar-refractivity contribution is 5.99. The Labute approximate surface area is 177 Å². The fourth-order valence-electron chi connectivity index (χ4n) is 4.19. The summed E-state index contributed by atoms with van der Waals surface area (Å²) in [6, 6.07) is 8.51. The minimum atomic E-state index is -5.32. The molecule has 1 aromatic rings. The summed E-state index contributed by atoms with van der Waals surface area (Å²) in [4.78, 5) is 36.8. The van der Waals surface area contributed by atoms with Crippen LogP contribution in [-0.4, -0.2) is 55.4 Å². The number of methoxy groups -OCH3 is 1. The Kier molecular flexibility index (Phi) is 6.70. The summed E-state index contributed by atoms with van der Waals surface area (Å²) in [7, 11) is 1.48. The van der Waals surface area contributed by atoms with E-state index in [1.807, 2.05) is 0 Å². The van der Waals surface area contributed by atoms with E-state index in [1.54, 1.807) is 37.3 Å². The van der Waals surface area contributed by atoms with E-state index < -0.39 is 47.5 Å². The molecule has 1 heterocycles. The summed E-state index contributed by atoms with van der Waals surface area (Å²) in [5.41, 5.74) is -1.10. The van der Waals surface area contributed by atoms with Crippen molar-refractivity contribution in [2.75, 3.05) is 13.7 Å². The molecule has 5 atom stereocenters. The van der Waals surface area contributed by atoms with Gasteiger partial charge in [0.25, 0.3) is 0 Å². The number of esters is 2. The van der Waals surface area contributed by atoms with Gasteiger partial charge < -0.3 is 20.1 Å². The number of benzene rings is 1. The number of ether oxygens (including phenoxy) is 2. The van der Waals surface area contributed by atoms with Crippen molar-refractivity contribution in [2.45, 2.75) is 56.0 Å². The van der Waals surface area contributed by atoms with E-state index in [0.717, 1.165) is 19.4 Å². The number of alkyl halides is 3. The van der Waals surface area contributed by atoms with Crippen LogP contribution in [0.25, 0.3) is 0 Å². The van der Waals surface area contributed by atoms with Crippen molar-refractivity contribution in [2.24, 2.45) is 5.92 Å². The maximum atomic E-state index is 13.0. The third-order valence-corrected chi connectivity index (χ3v) is 5.96. The van der Waals surface area contributed by atoms with Gasteiger partial charge in [0.15, 0.2) is 0 Å². The van der Waals surface area contributed by atoms with Crippen LogP contribution < -0.4 is 10.6 Å². The summed E-state index contributed by atoms with van der Waals surface area (Å²) in [5.74, 6) is -5.89. The number of hydrogen-bond donors (Lipinski definition) is 2. The normalized spacial score (nSPS) is 27.3. The molecule has 0 radical (unpaired) electrons. The molecule has 2 N–H and O–H groups in total. The molecule has 1 aromatic carbocycles. The number of carbonyl (C=O) groups is 3. The third-order valence-electron chi connectivity index (χ3n) is 5.96. The van der Waals surface area contributed by atoms with Gasteiger partial charge in [-0.25, -0.2) is 9.59 Å². The van der Waals surface area contributed by atoms with Gasteiger partial charge in [-0.05, 0) is 31.4 Å². The molecule has 7 nitrogen and oxygen atoms in total. The van der Waals surface area contributed by atoms with Gasteiger partial charge in [0.05, 0.1) is 12.0 Å². The summed E-state index contributed by atoms with van der Waals surface area (Å²) >= 11 is 0. The predicted molar refractivity (Wildman–Crippen MR) is 103 cm³/mol. The van der Waals surface area contributed by atoms with Crippen molar-refractivity contribution >= 4 is 17.8 Å². The highest BCUT2D eigenvalue weighted by Gasteiger charge is 2.64. The fraction of sp³-hybridized carbons (Fsp3) is 0.571. The van der Waals surface area contributed by atoms with Crippen LogP contribution >= 0.6 is 0 Å². The highest BCUT2D eigenvalue weighted by Crippen LogP contribution is 2.52. The van der Waals surface area contributed by atoms with E-state index in [0.29, 0.717) is 5.56 Å². The number of hydrogen-bond acceptors (Lipinski definition) is 6. The molecule has 2 aliphatic rings. The Hall–Kier alpha value is -2.46. The van der Waals surface area contributed by atoms with E-state index in [9.17, 15) is 27.6 Å². The molecule has 1 saturated carbocycles. The smallest absolute Gasteiger partial charge is 0.385 e. The van der Waals surface area contributed by atoms with Crippen LogP contribution in [0.3, 0.4) is 0 Å². The van der Waals surface area contributed by atoms with Crippen LogP contribution in [0.15, 0.2) is 30.3 Å². The van der Waals surface area contributed by atoms with Crippen LogP contribution in [0.4, 0.5) is 13.2 Å². The van der Waals surface area contributed by atoms with Crippen molar-refractivity contribution < 1.29 is 37.0 Å². The van der Waals surface area contributed by atoms with Gasteiger partial charge in [-0.1, -0.05) is 37.3 Å². The second-order valence-electron chi connectivity index (χ2n) is 7.99. The second-order valence-corrected chi connectivity index (χ2v) is 7.99. The minimum absolute atomic E-state index is 0.0266. The number of nitrogens with one attached hydrogen (secondary N) is 2. The third kappa shape index (κ3) is 4.90. The van der Waals surface area contributed by atoms with Crippen molar-refractivity contribution in [1.82, 2.24) is 10.6 Å². The first-order valence-electron chi connectivity index (χ1n) is 10.1. The molecule has 10 heteroatoms. The molecule has 31 heavy (non-hydrogen) atoms. The zero-order chi connectivity index (χ0) is 22.8. The number of amides is 1. The second kappa shape index (κ2) is 8.96. The van der Waals surface area contributed by atoms with Crippen molar-refractivity contribution in [3.63, 3.8) is 0 Å². The van der Waals surface area contributed by atoms with Crippen LogP contribution in [0.5, 0.6) is 0 Å². The van der Waals surface area contributed by atoms with Gasteiger partial charge >= 0.3 is 18.1 Å². The summed E-state index contributed by atoms with van der Waals surface area (Å²) < 4.78 is 47.4. The topological polar surface area (TPSA) is 93.7 Å². The maximum Gasteiger partial charge on any atom is 0.491 e. The summed E-state index contributed by atoms with van der Waals surface area (Å²) in [6.07, 6.45) is -4.03. The Morgan fingerprint density at radius 1 is 1.23 bits per heavy atom. The molecule has 3 rings (SSSR count). The first-order valence-corrected chi connectivity index (χ1v) is 10.1. The van der Waals surface area contributed by atoms with Gasteiger partial charge in [0, 0.05) is 19.1 Å². The molecule has 0 spiro atoms. The first kappa shape index (κ1) is 23.2. The number of halogens is 3. The van der Waals surface area contributed by atoms with Crippen molar-refractivity contribution in [1.29, 1.82) is 0 Å². The van der Waals surface area contributed by atoms with E-state index in [1.165, 1.54) is 7.11 Å². The monoisotopic (exact) mass is 442 g/mol. The van der Waals surface area contributed by atoms with Gasteiger partial charge in [-0.2, -0.15) is 13.2 Å². The zero-order valence-corrected chi connectivity index (χ0v) is 17.2. The lowest BCUT2D eigenvalue weighted by molar-refractivity contribution is -0.203. The van der Waals surface area contributed by atoms with Crippen LogP contribution in [0.1, 0.15) is 37.7 Å². The molecule has 0 bridgehead atoms. The molecule has 170 valence electrons. The largest absolute Gasteiger partial charge is 0.491 e. The Morgan fingerprint density at radius 3 is 2.45 bits per heavy atom. The molecule has 2 fully saturated rings. The predicted octanol–water partition coefficient (Wildman–Crippen LogP) is 2.06. The summed E-state index contributed by atoms with van der Waals surface area (Å²) in [5, 5.41) is 5.83. The fourth-order valence-corrected chi connectivity index (χ4v) is 4.19. The van der Waals surface area contributed by atoms with Crippen molar-refractivity contribution in [3.05, 3.63) is 35.9 Å². The average Bonchev–Trinajstić information content (AvgIpc) is 3.20. The van der Waals surface area contributed by atoms with Gasteiger partial charge in [-0.15, -0.1) is 0 Å². The lowest BCUT2D eigenvalue weighted by atomic mass is 9.95. The van der Waals surface area contributed by atoms with Gasteiger partial charge in [-0.3, -0.25) is 4.79 Å². The van der Waals surface area contributed by atoms with Crippen molar-refractivity contribution in [3.8, 4) is 0 Å². The summed E-state index contributed by atoms with van der Waals surface area (Å²) in [6.45, 7) is 2.42. The number of carbonyl (C=O) groups excluding carboxylic acids is 3. The Balaban J connectivity index is 1.79. The van der Waals surface area contributed by atoms with Gasteiger partial charge in [0.2, 0.25) is 5.91 Å². The lowest BCUT2D eigenvalue weighted by Gasteiger charge is -2.29. The molecule has 0 unspecified atom stereocenters. The average molecular weight is 442 g/mol. The lowest BCUT2D eigenvalue weighted by Crippen LogP contribution is -2.53. The molecule has 1 aliphatic carbocycles. The molecular weight excluding hydrogens is 417 g/mol. The molecule has 1 saturated heterocycles. The van der Waals surface area contributed by atoms with E-state index in [-0.39, 0.29) is 12.5 Å². The van der Waals surface area contributed by atoms with Crippen LogP contribution in [0.2, 0.25) is 0 Å². The first-order chi connectivity index (χ1) is 14.6. The highest BCUT2D eigenvalue weighted by atomic mass is 19.4. The quantitative estimate of drug-likeness (QED) is 0.496. The van der Waals surface area contributed by atoms with E-state index in [2.05, 4.69) is 15.4 Å². The van der Waals surface area contributed by atoms with Gasteiger partial charge in [0.1, 0.15) is 5.54 Å². The molecule has 1 aliphatic heterocycles. The maximum absolute atomic E-state index is 13.0. The number of rotatable bonds is 7. The minimum Gasteiger partial charge on any atom is -0.385 e. The van der Waals surface area contributed by atoms with E-state index >= 15 is 0 Å². The van der Waals surface area contributed by atoms with Crippen LogP contribution in [-0.2, 0) is 23.9 Å². The Morgan fingerprint density at radius 2 is 1.90 bits per heavy atom. The molecule has 0 aromatic heterocycles. The standard InChI is InChI=1S/C21H25F3N2O5/c1-12(16(30-2)15-9-6-10-25-15)17(27)26-20(18(28)31-19(29)21(22,23)24)11-14(20)13-7-4-3-5-8-13/h3-5,7-8,12,14-16,25H,6,9-11H2,1-2H3,(H,26,27)/t12-,14-,15+,16-,20+/m1/s1. The van der Waals surface area contributed by atoms with E-state index in [4.69, 9.17) is 4.74 Å². The Bertz CT molecular complexity index is 826. The molecular formula is C21H25F3N2O5. The molecule has 1 amide bonds. The SMILES string of the molecule is CO[C@@H]([C@@H]1CCCN1)[C@@H](C)C(=O)N[C@@]1(C(=O)OC(=O)C(F)(F)F)C[C@@H]1c1ccccc1. The zero-order valence-electron chi connectivity index (χ0n) is 17.2. The van der Waals surface area contributed by atoms with Crippen LogP contribution in [0, 0.1) is 5.92 Å².